The third kappa shape index (κ3) is 61.0. The maximum Gasteiger partial charge on any atom is 4.00 e. The Hall–Kier alpha value is -3.01. The number of hydrogen-bond donors (Lipinski definition) is 6. The molecule has 24 nitrogen and oxygen atoms in total. The SMILES string of the molecule is CSCC[C@H](NC=O)C(=O)[O-].CSCC[C@H](NC=O)C(=O)[O-].CSCC[C@H](NC=O)C(=O)[O-].CSCC[C@H](NC=O)C(=O)[O-].CSCC[C@H](NC=O)C(=O)[O-].CSCC[C@H](NC=O)C(=O)[O-].[Ru+4].[Zn+2]. The van der Waals surface area contributed by atoms with E-state index in [1.54, 1.807) is 0 Å². The quantitative estimate of drug-likeness (QED) is 0.0251. The summed E-state index contributed by atoms with van der Waals surface area (Å²) in [5.74, 6) is -3.22. The maximum atomic E-state index is 10.3. The molecule has 32 heteroatoms. The van der Waals surface area contributed by atoms with Gasteiger partial charge in [0.05, 0.1) is 72.1 Å². The van der Waals surface area contributed by atoms with Crippen molar-refractivity contribution in [3.63, 3.8) is 0 Å². The Morgan fingerprint density at radius 2 is 0.426 bits per heavy atom. The van der Waals surface area contributed by atoms with Crippen LogP contribution in [0.2, 0.25) is 0 Å². The van der Waals surface area contributed by atoms with Crippen molar-refractivity contribution in [2.24, 2.45) is 0 Å². The normalized spacial score (nSPS) is 11.7. The van der Waals surface area contributed by atoms with E-state index in [-0.39, 0.29) is 39.0 Å². The number of nitrogens with one attached hydrogen (secondary N) is 6. The molecule has 6 amide bonds. The molecule has 0 unspecified atom stereocenters. The summed E-state index contributed by atoms with van der Waals surface area (Å²) in [4.78, 5) is 121. The monoisotopic (exact) mass is 1220 g/mol. The number of rotatable bonds is 36. The zero-order valence-corrected chi connectivity index (χ0v) is 47.9. The minimum Gasteiger partial charge on any atom is -0.548 e. The standard InChI is InChI=1S/6C6H11NO3S.Ru.Zn/c6*1-11-3-2-5(6(9)10)7-4-8;;/h6*4-5H,2-3H2,1H3,(H,7,8)(H,9,10);;/q;;;;;;+4;+2/p-6/t6*5-;;/m000000../s1. The maximum absolute atomic E-state index is 10.3. The molecule has 68 heavy (non-hydrogen) atoms. The molecule has 0 bridgehead atoms. The van der Waals surface area contributed by atoms with Gasteiger partial charge >= 0.3 is 39.0 Å². The van der Waals surface area contributed by atoms with Crippen LogP contribution < -0.4 is 62.5 Å². The number of aliphatic carboxylic acids is 6. The summed E-state index contributed by atoms with van der Waals surface area (Å²) in [5.41, 5.74) is 0. The van der Waals surface area contributed by atoms with Crippen molar-refractivity contribution in [2.75, 3.05) is 72.1 Å². The molecule has 0 aromatic carbocycles. The first-order valence-corrected chi connectivity index (χ1v) is 27.1. The average Bonchev–Trinajstić information content (AvgIpc) is 3.27. The molecule has 0 radical (unpaired) electrons. The number of carbonyl (C=O) groups excluding carboxylic acids is 12. The van der Waals surface area contributed by atoms with Crippen molar-refractivity contribution >= 4 is 145 Å². The Balaban J connectivity index is -0.000000105. The minimum atomic E-state index is -1.23. The van der Waals surface area contributed by atoms with Crippen LogP contribution in [0.4, 0.5) is 0 Å². The Kier molecular flexibility index (Phi) is 77.1. The molecule has 388 valence electrons. The smallest absolute Gasteiger partial charge is 0.548 e. The van der Waals surface area contributed by atoms with Gasteiger partial charge in [0.2, 0.25) is 38.5 Å². The van der Waals surface area contributed by atoms with Crippen LogP contribution in [0.15, 0.2) is 0 Å². The number of carboxylic acids is 6. The minimum absolute atomic E-state index is 0. The van der Waals surface area contributed by atoms with Gasteiger partial charge in [0, 0.05) is 0 Å². The molecule has 0 spiro atoms. The van der Waals surface area contributed by atoms with Crippen molar-refractivity contribution in [1.82, 2.24) is 31.9 Å². The van der Waals surface area contributed by atoms with Gasteiger partial charge in [-0.05, 0) is 111 Å². The molecule has 6 N–H and O–H groups in total. The summed E-state index contributed by atoms with van der Waals surface area (Å²) in [7, 11) is 0. The van der Waals surface area contributed by atoms with Crippen LogP contribution in [0, 0.1) is 0 Å². The molecule has 0 aliphatic heterocycles. The van der Waals surface area contributed by atoms with Gasteiger partial charge in [0.15, 0.2) is 0 Å². The molecule has 0 aromatic heterocycles. The van der Waals surface area contributed by atoms with E-state index >= 15 is 0 Å². The second-order valence-electron chi connectivity index (χ2n) is 11.6. The molecule has 0 rings (SSSR count). The number of amides is 6. The van der Waals surface area contributed by atoms with E-state index in [1.165, 1.54) is 70.6 Å². The molecular formula is C36H60N6O18RuS6Zn. The van der Waals surface area contributed by atoms with E-state index in [4.69, 9.17) is 0 Å². The van der Waals surface area contributed by atoms with E-state index in [1.807, 2.05) is 37.5 Å². The fourth-order valence-electron chi connectivity index (χ4n) is 3.52. The first-order valence-electron chi connectivity index (χ1n) is 18.7. The number of carbonyl (C=O) groups is 12. The average molecular weight is 1220 g/mol. The van der Waals surface area contributed by atoms with E-state index in [0.717, 1.165) is 0 Å². The van der Waals surface area contributed by atoms with E-state index in [2.05, 4.69) is 31.9 Å². The number of carboxylic acid groups (broad SMARTS) is 6. The first kappa shape index (κ1) is 81.9. The van der Waals surface area contributed by atoms with Crippen molar-refractivity contribution < 1.29 is 127 Å². The molecule has 0 saturated heterocycles. The van der Waals surface area contributed by atoms with Crippen molar-refractivity contribution in [2.45, 2.75) is 74.8 Å². The Morgan fingerprint density at radius 3 is 0.485 bits per heavy atom. The predicted molar refractivity (Wildman–Crippen MR) is 246 cm³/mol. The molecule has 0 aliphatic rings. The zero-order chi connectivity index (χ0) is 52.1. The van der Waals surface area contributed by atoms with Crippen LogP contribution in [0.1, 0.15) is 38.5 Å². The van der Waals surface area contributed by atoms with Crippen LogP contribution >= 0.6 is 70.6 Å². The van der Waals surface area contributed by atoms with Crippen LogP contribution in [0.3, 0.4) is 0 Å². The summed E-state index contributed by atoms with van der Waals surface area (Å²) in [5, 5.41) is 74.5. The van der Waals surface area contributed by atoms with Crippen LogP contribution in [-0.4, -0.2) is 183 Å². The largest absolute Gasteiger partial charge is 4.00 e. The number of hydrogen-bond acceptors (Lipinski definition) is 24. The van der Waals surface area contributed by atoms with Crippen LogP contribution in [0.25, 0.3) is 0 Å². The Labute approximate surface area is 447 Å². The second-order valence-corrected chi connectivity index (χ2v) is 17.5. The molecule has 0 fully saturated rings. The van der Waals surface area contributed by atoms with Gasteiger partial charge in [0.1, 0.15) is 0 Å². The summed E-state index contributed by atoms with van der Waals surface area (Å²) in [6, 6.07) is -5.08. The second kappa shape index (κ2) is 64.0. The van der Waals surface area contributed by atoms with E-state index in [0.29, 0.717) is 112 Å². The summed E-state index contributed by atoms with van der Waals surface area (Å²) in [6.07, 6.45) is 15.9. The predicted octanol–water partition coefficient (Wildman–Crippen LogP) is -8.38. The zero-order valence-electron chi connectivity index (χ0n) is 38.3. The van der Waals surface area contributed by atoms with Gasteiger partial charge < -0.3 is 91.3 Å². The molecular weight excluding hydrogens is 1160 g/mol. The summed E-state index contributed by atoms with van der Waals surface area (Å²) < 4.78 is 0. The van der Waals surface area contributed by atoms with Gasteiger partial charge in [-0.1, -0.05) is 0 Å². The third-order valence-electron chi connectivity index (χ3n) is 6.99. The molecule has 0 heterocycles. The molecule has 6 atom stereocenters. The fourth-order valence-corrected chi connectivity index (χ4v) is 6.35. The van der Waals surface area contributed by atoms with Crippen molar-refractivity contribution in [1.29, 1.82) is 0 Å². The molecule has 0 saturated carbocycles. The fraction of sp³-hybridized carbons (Fsp3) is 0.667. The van der Waals surface area contributed by atoms with Crippen molar-refractivity contribution in [3.8, 4) is 0 Å². The van der Waals surface area contributed by atoms with Crippen LogP contribution in [0.5, 0.6) is 0 Å². The van der Waals surface area contributed by atoms with Gasteiger partial charge in [-0.15, -0.1) is 0 Å². The van der Waals surface area contributed by atoms with Gasteiger partial charge in [-0.2, -0.15) is 70.6 Å². The first-order chi connectivity index (χ1) is 31.3. The van der Waals surface area contributed by atoms with E-state index < -0.39 is 72.1 Å². The van der Waals surface area contributed by atoms with Gasteiger partial charge in [-0.3, -0.25) is 28.8 Å². The summed E-state index contributed by atoms with van der Waals surface area (Å²) in [6.45, 7) is 0. The molecule has 0 aromatic rings. The number of thioether (sulfide) groups is 6. The Morgan fingerprint density at radius 1 is 0.324 bits per heavy atom. The van der Waals surface area contributed by atoms with Gasteiger partial charge in [-0.25, -0.2) is 0 Å². The van der Waals surface area contributed by atoms with Gasteiger partial charge in [0.25, 0.3) is 0 Å². The molecule has 0 aliphatic carbocycles. The Bertz CT molecular complexity index is 1100. The van der Waals surface area contributed by atoms with Crippen molar-refractivity contribution in [3.05, 3.63) is 0 Å². The van der Waals surface area contributed by atoms with E-state index in [9.17, 15) is 88.2 Å². The topological polar surface area (TPSA) is 415 Å². The summed E-state index contributed by atoms with van der Waals surface area (Å²) >= 11 is 9.16. The third-order valence-corrected chi connectivity index (χ3v) is 10.9. The van der Waals surface area contributed by atoms with Crippen LogP contribution in [-0.2, 0) is 96.5 Å².